The molecule has 0 fully saturated rings. The van der Waals surface area contributed by atoms with Crippen LogP contribution in [0, 0.1) is 0 Å². The molecule has 1 N–H and O–H groups in total. The molecule has 0 saturated heterocycles. The van der Waals surface area contributed by atoms with Crippen LogP contribution in [0.5, 0.6) is 5.75 Å². The van der Waals surface area contributed by atoms with E-state index in [2.05, 4.69) is 11.8 Å². The average molecular weight is 200 g/mol. The molecule has 0 saturated carbocycles. The van der Waals surface area contributed by atoms with Gasteiger partial charge in [0.25, 0.3) is 0 Å². The van der Waals surface area contributed by atoms with Gasteiger partial charge in [-0.25, -0.2) is 0 Å². The van der Waals surface area contributed by atoms with Crippen LogP contribution < -0.4 is 0 Å². The van der Waals surface area contributed by atoms with Crippen molar-refractivity contribution in [1.82, 2.24) is 4.90 Å². The zero-order valence-electron chi connectivity index (χ0n) is 7.92. The Morgan fingerprint density at radius 1 is 1.46 bits per heavy atom. The fourth-order valence-electron chi connectivity index (χ4n) is 1.09. The number of halogens is 1. The summed E-state index contributed by atoms with van der Waals surface area (Å²) < 4.78 is 0. The van der Waals surface area contributed by atoms with E-state index < -0.39 is 0 Å². The first-order chi connectivity index (χ1) is 6.15. The third-order valence-electron chi connectivity index (χ3n) is 2.06. The number of phenols is 1. The SMILES string of the molecule is CCN(C)Cc1c(O)cccc1Cl. The molecule has 0 amide bonds. The van der Waals surface area contributed by atoms with Gasteiger partial charge in [0.05, 0.1) is 0 Å². The predicted molar refractivity (Wildman–Crippen MR) is 55.1 cm³/mol. The lowest BCUT2D eigenvalue weighted by Gasteiger charge is -2.15. The lowest BCUT2D eigenvalue weighted by Crippen LogP contribution is -2.16. The molecule has 0 aliphatic rings. The van der Waals surface area contributed by atoms with Gasteiger partial charge in [-0.05, 0) is 25.7 Å². The lowest BCUT2D eigenvalue weighted by atomic mass is 10.2. The van der Waals surface area contributed by atoms with Crippen molar-refractivity contribution < 1.29 is 5.11 Å². The van der Waals surface area contributed by atoms with Crippen LogP contribution in [0.3, 0.4) is 0 Å². The second kappa shape index (κ2) is 4.49. The van der Waals surface area contributed by atoms with E-state index >= 15 is 0 Å². The Hall–Kier alpha value is -0.730. The number of aromatic hydroxyl groups is 1. The number of hydrogen-bond donors (Lipinski definition) is 1. The van der Waals surface area contributed by atoms with Crippen molar-refractivity contribution in [3.63, 3.8) is 0 Å². The van der Waals surface area contributed by atoms with E-state index in [1.165, 1.54) is 0 Å². The van der Waals surface area contributed by atoms with Gasteiger partial charge in [0.2, 0.25) is 0 Å². The van der Waals surface area contributed by atoms with E-state index in [9.17, 15) is 5.11 Å². The zero-order chi connectivity index (χ0) is 9.84. The van der Waals surface area contributed by atoms with Crippen LogP contribution in [-0.2, 0) is 6.54 Å². The molecule has 0 spiro atoms. The van der Waals surface area contributed by atoms with Crippen LogP contribution in [0.15, 0.2) is 18.2 Å². The first kappa shape index (κ1) is 10.4. The molecule has 13 heavy (non-hydrogen) atoms. The topological polar surface area (TPSA) is 23.5 Å². The summed E-state index contributed by atoms with van der Waals surface area (Å²) in [6.07, 6.45) is 0. The highest BCUT2D eigenvalue weighted by Gasteiger charge is 2.07. The number of hydrogen-bond acceptors (Lipinski definition) is 2. The van der Waals surface area contributed by atoms with Crippen molar-refractivity contribution >= 4 is 11.6 Å². The summed E-state index contributed by atoms with van der Waals surface area (Å²) in [6, 6.07) is 5.19. The number of nitrogens with zero attached hydrogens (tertiary/aromatic N) is 1. The minimum Gasteiger partial charge on any atom is -0.508 e. The number of benzene rings is 1. The maximum absolute atomic E-state index is 9.52. The van der Waals surface area contributed by atoms with Gasteiger partial charge in [-0.1, -0.05) is 24.6 Å². The van der Waals surface area contributed by atoms with Crippen molar-refractivity contribution in [3.05, 3.63) is 28.8 Å². The van der Waals surface area contributed by atoms with Crippen molar-refractivity contribution in [1.29, 1.82) is 0 Å². The molecular formula is C10H14ClNO. The van der Waals surface area contributed by atoms with Crippen molar-refractivity contribution in [2.24, 2.45) is 0 Å². The Balaban J connectivity index is 2.87. The second-order valence-corrected chi connectivity index (χ2v) is 3.48. The van der Waals surface area contributed by atoms with E-state index in [0.717, 1.165) is 12.1 Å². The highest BCUT2D eigenvalue weighted by molar-refractivity contribution is 6.31. The van der Waals surface area contributed by atoms with Gasteiger partial charge in [-0.3, -0.25) is 0 Å². The molecule has 0 heterocycles. The van der Waals surface area contributed by atoms with Gasteiger partial charge in [0.15, 0.2) is 0 Å². The second-order valence-electron chi connectivity index (χ2n) is 3.07. The molecule has 1 rings (SSSR count). The largest absolute Gasteiger partial charge is 0.508 e. The van der Waals surface area contributed by atoms with Crippen LogP contribution in [-0.4, -0.2) is 23.6 Å². The van der Waals surface area contributed by atoms with Gasteiger partial charge in [0.1, 0.15) is 5.75 Å². The maximum atomic E-state index is 9.52. The summed E-state index contributed by atoms with van der Waals surface area (Å²) >= 11 is 5.94. The molecule has 0 radical (unpaired) electrons. The van der Waals surface area contributed by atoms with Crippen LogP contribution in [0.1, 0.15) is 12.5 Å². The summed E-state index contributed by atoms with van der Waals surface area (Å²) in [5, 5.41) is 10.1. The molecule has 0 aromatic heterocycles. The molecule has 1 aromatic rings. The minimum atomic E-state index is 0.271. The number of rotatable bonds is 3. The smallest absolute Gasteiger partial charge is 0.121 e. The van der Waals surface area contributed by atoms with E-state index in [1.54, 1.807) is 18.2 Å². The highest BCUT2D eigenvalue weighted by atomic mass is 35.5. The standard InChI is InChI=1S/C10H14ClNO/c1-3-12(2)7-8-9(11)5-4-6-10(8)13/h4-6,13H,3,7H2,1-2H3. The summed E-state index contributed by atoms with van der Waals surface area (Å²) in [6.45, 7) is 3.68. The molecule has 0 aliphatic carbocycles. The van der Waals surface area contributed by atoms with Gasteiger partial charge in [0, 0.05) is 17.1 Å². The lowest BCUT2D eigenvalue weighted by molar-refractivity contribution is 0.337. The monoisotopic (exact) mass is 199 g/mol. The quantitative estimate of drug-likeness (QED) is 0.809. The van der Waals surface area contributed by atoms with Crippen molar-refractivity contribution in [2.75, 3.05) is 13.6 Å². The molecule has 2 nitrogen and oxygen atoms in total. The Labute approximate surface area is 83.7 Å². The average Bonchev–Trinajstić information content (AvgIpc) is 2.11. The first-order valence-corrected chi connectivity index (χ1v) is 4.67. The Morgan fingerprint density at radius 3 is 2.69 bits per heavy atom. The van der Waals surface area contributed by atoms with Crippen molar-refractivity contribution in [3.8, 4) is 5.75 Å². The van der Waals surface area contributed by atoms with Crippen molar-refractivity contribution in [2.45, 2.75) is 13.5 Å². The summed E-state index contributed by atoms with van der Waals surface area (Å²) in [5.74, 6) is 0.271. The summed E-state index contributed by atoms with van der Waals surface area (Å²) in [4.78, 5) is 2.08. The van der Waals surface area contributed by atoms with Gasteiger partial charge in [-0.15, -0.1) is 0 Å². The van der Waals surface area contributed by atoms with Crippen LogP contribution in [0.4, 0.5) is 0 Å². The van der Waals surface area contributed by atoms with Crippen LogP contribution in [0.2, 0.25) is 5.02 Å². The molecule has 0 unspecified atom stereocenters. The fraction of sp³-hybridized carbons (Fsp3) is 0.400. The number of phenolic OH excluding ortho intramolecular Hbond substituents is 1. The fourth-order valence-corrected chi connectivity index (χ4v) is 1.31. The molecule has 3 heteroatoms. The van der Waals surface area contributed by atoms with E-state index in [1.807, 2.05) is 7.05 Å². The highest BCUT2D eigenvalue weighted by Crippen LogP contribution is 2.25. The Kier molecular flexibility index (Phi) is 3.58. The zero-order valence-corrected chi connectivity index (χ0v) is 8.67. The van der Waals surface area contributed by atoms with Gasteiger partial charge < -0.3 is 10.0 Å². The third-order valence-corrected chi connectivity index (χ3v) is 2.42. The van der Waals surface area contributed by atoms with Gasteiger partial charge >= 0.3 is 0 Å². The summed E-state index contributed by atoms with van der Waals surface area (Å²) in [7, 11) is 1.99. The van der Waals surface area contributed by atoms with E-state index in [0.29, 0.717) is 11.6 Å². The molecule has 1 aromatic carbocycles. The van der Waals surface area contributed by atoms with Crippen LogP contribution >= 0.6 is 11.6 Å². The van der Waals surface area contributed by atoms with E-state index in [4.69, 9.17) is 11.6 Å². The molecule has 0 atom stereocenters. The predicted octanol–water partition coefficient (Wildman–Crippen LogP) is 2.50. The van der Waals surface area contributed by atoms with Crippen LogP contribution in [0.25, 0.3) is 0 Å². The van der Waals surface area contributed by atoms with Gasteiger partial charge in [-0.2, -0.15) is 0 Å². The minimum absolute atomic E-state index is 0.271. The third kappa shape index (κ3) is 2.61. The maximum Gasteiger partial charge on any atom is 0.121 e. The Bertz CT molecular complexity index is 268. The molecular weight excluding hydrogens is 186 g/mol. The molecule has 72 valence electrons. The Morgan fingerprint density at radius 2 is 2.15 bits per heavy atom. The molecule has 0 aliphatic heterocycles. The first-order valence-electron chi connectivity index (χ1n) is 4.30. The molecule has 0 bridgehead atoms. The summed E-state index contributed by atoms with van der Waals surface area (Å²) in [5.41, 5.74) is 0.800. The van der Waals surface area contributed by atoms with E-state index in [-0.39, 0.29) is 5.75 Å². The normalized spacial score (nSPS) is 10.8.